The van der Waals surface area contributed by atoms with Crippen molar-refractivity contribution in [1.82, 2.24) is 14.7 Å². The van der Waals surface area contributed by atoms with Gasteiger partial charge < -0.3 is 14.5 Å². The molecule has 0 saturated carbocycles. The van der Waals surface area contributed by atoms with Crippen molar-refractivity contribution >= 4 is 12.0 Å². The van der Waals surface area contributed by atoms with Crippen LogP contribution in [0, 0.1) is 11.7 Å². The van der Waals surface area contributed by atoms with Crippen molar-refractivity contribution in [2.45, 2.75) is 33.7 Å². The highest BCUT2D eigenvalue weighted by Gasteiger charge is 2.23. The summed E-state index contributed by atoms with van der Waals surface area (Å²) in [4.78, 5) is 30.4. The third kappa shape index (κ3) is 7.11. The summed E-state index contributed by atoms with van der Waals surface area (Å²) >= 11 is 0. The summed E-state index contributed by atoms with van der Waals surface area (Å²) in [7, 11) is 0. The Morgan fingerprint density at radius 3 is 2.68 bits per heavy atom. The van der Waals surface area contributed by atoms with Crippen molar-refractivity contribution in [3.63, 3.8) is 0 Å². The van der Waals surface area contributed by atoms with Crippen molar-refractivity contribution in [2.75, 3.05) is 45.9 Å². The van der Waals surface area contributed by atoms with Crippen LogP contribution in [-0.4, -0.2) is 72.6 Å². The molecule has 0 aromatic heterocycles. The van der Waals surface area contributed by atoms with Crippen LogP contribution < -0.4 is 0 Å². The molecular weight excluding hydrogens is 361 g/mol. The summed E-state index contributed by atoms with van der Waals surface area (Å²) < 4.78 is 18.7. The molecule has 0 radical (unpaired) electrons. The van der Waals surface area contributed by atoms with Gasteiger partial charge in [-0.2, -0.15) is 0 Å². The zero-order valence-electron chi connectivity index (χ0n) is 17.2. The van der Waals surface area contributed by atoms with Crippen LogP contribution in [-0.2, 0) is 16.1 Å². The molecule has 2 rings (SSSR count). The Labute approximate surface area is 167 Å². The highest BCUT2D eigenvalue weighted by molar-refractivity contribution is 5.78. The summed E-state index contributed by atoms with van der Waals surface area (Å²) in [5, 5.41) is 0. The standard InChI is InChI=1S/C21H32FN3O3/c1-4-24(14-18-7-5-8-19(22)13-18)20(26)15-23-9-6-10-25(12-11-23)21(27)28-16-17(2)3/h5,7-8,13,17H,4,6,9-12,14-16H2,1-3H3. The molecule has 156 valence electrons. The third-order valence-electron chi connectivity index (χ3n) is 4.74. The van der Waals surface area contributed by atoms with E-state index >= 15 is 0 Å². The molecule has 0 unspecified atom stereocenters. The van der Waals surface area contributed by atoms with E-state index in [1.807, 2.05) is 26.8 Å². The molecule has 1 aromatic carbocycles. The summed E-state index contributed by atoms with van der Waals surface area (Å²) in [5.41, 5.74) is 0.783. The smallest absolute Gasteiger partial charge is 0.409 e. The largest absolute Gasteiger partial charge is 0.449 e. The number of hydrogen-bond acceptors (Lipinski definition) is 4. The molecule has 1 aliphatic heterocycles. The number of benzene rings is 1. The van der Waals surface area contributed by atoms with Gasteiger partial charge in [-0.15, -0.1) is 0 Å². The van der Waals surface area contributed by atoms with Crippen LogP contribution in [0.25, 0.3) is 0 Å². The van der Waals surface area contributed by atoms with Crippen molar-refractivity contribution in [3.05, 3.63) is 35.6 Å². The van der Waals surface area contributed by atoms with E-state index in [1.54, 1.807) is 15.9 Å². The third-order valence-corrected chi connectivity index (χ3v) is 4.74. The maximum absolute atomic E-state index is 13.4. The number of rotatable bonds is 7. The number of amides is 2. The molecule has 0 bridgehead atoms. The van der Waals surface area contributed by atoms with Gasteiger partial charge in [-0.1, -0.05) is 26.0 Å². The molecule has 1 saturated heterocycles. The number of nitrogens with zero attached hydrogens (tertiary/aromatic N) is 3. The van der Waals surface area contributed by atoms with Gasteiger partial charge in [-0.25, -0.2) is 9.18 Å². The van der Waals surface area contributed by atoms with E-state index in [0.29, 0.717) is 51.8 Å². The number of likely N-dealkylation sites (N-methyl/N-ethyl adjacent to an activating group) is 1. The van der Waals surface area contributed by atoms with Crippen molar-refractivity contribution < 1.29 is 18.7 Å². The molecule has 2 amide bonds. The van der Waals surface area contributed by atoms with Gasteiger partial charge in [0.05, 0.1) is 13.2 Å². The number of carbonyl (C=O) groups is 2. The van der Waals surface area contributed by atoms with E-state index in [-0.39, 0.29) is 17.8 Å². The summed E-state index contributed by atoms with van der Waals surface area (Å²) in [6, 6.07) is 6.34. The molecule has 1 aromatic rings. The minimum Gasteiger partial charge on any atom is -0.449 e. The monoisotopic (exact) mass is 393 g/mol. The van der Waals surface area contributed by atoms with Crippen LogP contribution in [0.5, 0.6) is 0 Å². The number of hydrogen-bond donors (Lipinski definition) is 0. The fraction of sp³-hybridized carbons (Fsp3) is 0.619. The predicted molar refractivity (Wildman–Crippen MR) is 106 cm³/mol. The maximum atomic E-state index is 13.4. The lowest BCUT2D eigenvalue weighted by molar-refractivity contribution is -0.132. The fourth-order valence-corrected chi connectivity index (χ4v) is 3.16. The topological polar surface area (TPSA) is 53.1 Å². The Morgan fingerprint density at radius 1 is 1.21 bits per heavy atom. The molecule has 28 heavy (non-hydrogen) atoms. The second-order valence-electron chi connectivity index (χ2n) is 7.63. The van der Waals surface area contributed by atoms with E-state index in [0.717, 1.165) is 18.5 Å². The van der Waals surface area contributed by atoms with E-state index in [1.165, 1.54) is 12.1 Å². The first-order valence-corrected chi connectivity index (χ1v) is 10.0. The molecule has 1 fully saturated rings. The second-order valence-corrected chi connectivity index (χ2v) is 7.63. The highest BCUT2D eigenvalue weighted by atomic mass is 19.1. The molecule has 6 nitrogen and oxygen atoms in total. The lowest BCUT2D eigenvalue weighted by Crippen LogP contribution is -2.42. The molecule has 0 aliphatic carbocycles. The zero-order valence-corrected chi connectivity index (χ0v) is 17.2. The van der Waals surface area contributed by atoms with Gasteiger partial charge >= 0.3 is 6.09 Å². The van der Waals surface area contributed by atoms with Gasteiger partial charge in [0.1, 0.15) is 5.82 Å². The first kappa shape index (κ1) is 22.1. The lowest BCUT2D eigenvalue weighted by Gasteiger charge is -2.26. The summed E-state index contributed by atoms with van der Waals surface area (Å²) in [5.74, 6) is 0.0312. The van der Waals surface area contributed by atoms with Gasteiger partial charge in [0.2, 0.25) is 5.91 Å². The lowest BCUT2D eigenvalue weighted by atomic mass is 10.2. The average Bonchev–Trinajstić information content (AvgIpc) is 2.89. The van der Waals surface area contributed by atoms with Gasteiger partial charge in [0.25, 0.3) is 0 Å². The van der Waals surface area contributed by atoms with Crippen LogP contribution in [0.15, 0.2) is 24.3 Å². The Morgan fingerprint density at radius 2 is 2.00 bits per heavy atom. The predicted octanol–water partition coefficient (Wildman–Crippen LogP) is 2.97. The van der Waals surface area contributed by atoms with Crippen molar-refractivity contribution in [3.8, 4) is 0 Å². The van der Waals surface area contributed by atoms with Crippen LogP contribution in [0.3, 0.4) is 0 Å². The minimum atomic E-state index is -0.294. The quantitative estimate of drug-likeness (QED) is 0.715. The number of halogens is 1. The zero-order chi connectivity index (χ0) is 20.5. The first-order valence-electron chi connectivity index (χ1n) is 10.0. The second kappa shape index (κ2) is 11.0. The van der Waals surface area contributed by atoms with E-state index in [4.69, 9.17) is 4.74 Å². The Hall–Kier alpha value is -2.15. The van der Waals surface area contributed by atoms with E-state index in [2.05, 4.69) is 4.90 Å². The van der Waals surface area contributed by atoms with Crippen molar-refractivity contribution in [2.24, 2.45) is 5.92 Å². The fourth-order valence-electron chi connectivity index (χ4n) is 3.16. The normalized spacial score (nSPS) is 15.4. The molecular formula is C21H32FN3O3. The van der Waals surface area contributed by atoms with Crippen LogP contribution in [0.2, 0.25) is 0 Å². The number of carbonyl (C=O) groups excluding carboxylic acids is 2. The Bertz CT molecular complexity index is 654. The molecule has 0 N–H and O–H groups in total. The van der Waals surface area contributed by atoms with Crippen LogP contribution in [0.1, 0.15) is 32.8 Å². The van der Waals surface area contributed by atoms with Crippen molar-refractivity contribution in [1.29, 1.82) is 0 Å². The molecule has 1 heterocycles. The van der Waals surface area contributed by atoms with E-state index in [9.17, 15) is 14.0 Å². The minimum absolute atomic E-state index is 0.0163. The van der Waals surface area contributed by atoms with Gasteiger partial charge in [0, 0.05) is 39.3 Å². The molecule has 0 atom stereocenters. The van der Waals surface area contributed by atoms with Gasteiger partial charge in [-0.3, -0.25) is 9.69 Å². The van der Waals surface area contributed by atoms with Gasteiger partial charge in [0.15, 0.2) is 0 Å². The molecule has 1 aliphatic rings. The van der Waals surface area contributed by atoms with E-state index < -0.39 is 0 Å². The number of ether oxygens (including phenoxy) is 1. The average molecular weight is 394 g/mol. The summed E-state index contributed by atoms with van der Waals surface area (Å²) in [6.45, 7) is 10.2. The molecule has 0 spiro atoms. The molecule has 7 heteroatoms. The summed E-state index contributed by atoms with van der Waals surface area (Å²) in [6.07, 6.45) is 0.531. The highest BCUT2D eigenvalue weighted by Crippen LogP contribution is 2.10. The SMILES string of the molecule is CCN(Cc1cccc(F)c1)C(=O)CN1CCCN(C(=O)OCC(C)C)CC1. The van der Waals surface area contributed by atoms with Gasteiger partial charge in [-0.05, 0) is 37.0 Å². The Kier molecular flexibility index (Phi) is 8.70. The maximum Gasteiger partial charge on any atom is 0.409 e. The van der Waals surface area contributed by atoms with Crippen LogP contribution in [0.4, 0.5) is 9.18 Å². The van der Waals surface area contributed by atoms with Crippen LogP contribution >= 0.6 is 0 Å². The first-order chi connectivity index (χ1) is 13.4. The Balaban J connectivity index is 1.84.